The van der Waals surface area contributed by atoms with E-state index in [0.717, 1.165) is 28.3 Å². The van der Waals surface area contributed by atoms with Crippen molar-refractivity contribution < 1.29 is 23.9 Å². The molecule has 0 radical (unpaired) electrons. The van der Waals surface area contributed by atoms with E-state index in [1.165, 1.54) is 7.11 Å². The molecule has 0 bridgehead atoms. The highest BCUT2D eigenvalue weighted by atomic mass is 32.1. The maximum Gasteiger partial charge on any atom is 0.252 e. The summed E-state index contributed by atoms with van der Waals surface area (Å²) in [6, 6.07) is 7.53. The van der Waals surface area contributed by atoms with Gasteiger partial charge in [0.05, 0.1) is 35.5 Å². The van der Waals surface area contributed by atoms with Gasteiger partial charge in [0.1, 0.15) is 12.4 Å². The van der Waals surface area contributed by atoms with Crippen molar-refractivity contribution in [3.8, 4) is 11.4 Å². The fraction of sp³-hybridized carbons (Fsp3) is 0.348. The van der Waals surface area contributed by atoms with Crippen LogP contribution in [0.15, 0.2) is 36.7 Å². The standard InChI is InChI=1S/C23H25N5O5S/c1-27(11-14-10-24-28(12-14)16-5-4-6-17(9-16)33-3)22(31)15-7-18-21(19(29)8-15)34-23(25-18)26-20(30)13-32-2/h4-6,9-10,12,15H,7-8,11,13H2,1-3H3,(H,25,26,30)/t15-/m1/s1. The molecule has 0 saturated carbocycles. The zero-order valence-corrected chi connectivity index (χ0v) is 19.9. The highest BCUT2D eigenvalue weighted by Gasteiger charge is 2.34. The van der Waals surface area contributed by atoms with Crippen molar-refractivity contribution in [2.75, 3.05) is 33.2 Å². The molecule has 2 aromatic heterocycles. The number of ketones is 1. The van der Waals surface area contributed by atoms with E-state index in [-0.39, 0.29) is 30.6 Å². The molecule has 0 spiro atoms. The first-order chi connectivity index (χ1) is 16.4. The van der Waals surface area contributed by atoms with Crippen LogP contribution in [0.2, 0.25) is 0 Å². The van der Waals surface area contributed by atoms with Crippen molar-refractivity contribution in [3.63, 3.8) is 0 Å². The van der Waals surface area contributed by atoms with Gasteiger partial charge in [0.15, 0.2) is 10.9 Å². The van der Waals surface area contributed by atoms with Crippen LogP contribution < -0.4 is 10.1 Å². The quantitative estimate of drug-likeness (QED) is 0.523. The highest BCUT2D eigenvalue weighted by Crippen LogP contribution is 2.33. The maximum absolute atomic E-state index is 13.1. The Bertz CT molecular complexity index is 1220. The van der Waals surface area contributed by atoms with Crippen LogP contribution in [0.25, 0.3) is 5.69 Å². The van der Waals surface area contributed by atoms with Crippen molar-refractivity contribution in [1.82, 2.24) is 19.7 Å². The first-order valence-electron chi connectivity index (χ1n) is 10.6. The normalized spacial score (nSPS) is 15.0. The minimum absolute atomic E-state index is 0.0987. The second-order valence-corrected chi connectivity index (χ2v) is 8.99. The molecule has 0 aliphatic heterocycles. The molecule has 11 heteroatoms. The number of anilines is 1. The molecule has 3 aromatic rings. The molecule has 1 N–H and O–H groups in total. The molecular formula is C23H25N5O5S. The van der Waals surface area contributed by atoms with E-state index in [0.29, 0.717) is 28.7 Å². The number of hydrogen-bond acceptors (Lipinski definition) is 8. The third-order valence-corrected chi connectivity index (χ3v) is 6.50. The summed E-state index contributed by atoms with van der Waals surface area (Å²) >= 11 is 1.13. The van der Waals surface area contributed by atoms with Crippen molar-refractivity contribution in [3.05, 3.63) is 52.8 Å². The lowest BCUT2D eigenvalue weighted by Crippen LogP contribution is -2.36. The van der Waals surface area contributed by atoms with Crippen LogP contribution in [0.5, 0.6) is 5.75 Å². The van der Waals surface area contributed by atoms with E-state index < -0.39 is 5.92 Å². The largest absolute Gasteiger partial charge is 0.497 e. The molecule has 1 aliphatic rings. The zero-order chi connectivity index (χ0) is 24.2. The summed E-state index contributed by atoms with van der Waals surface area (Å²) in [7, 11) is 4.74. The summed E-state index contributed by atoms with van der Waals surface area (Å²) in [5.74, 6) is -0.382. The van der Waals surface area contributed by atoms with Gasteiger partial charge in [0.2, 0.25) is 5.91 Å². The molecule has 4 rings (SSSR count). The lowest BCUT2D eigenvalue weighted by molar-refractivity contribution is -0.134. The van der Waals surface area contributed by atoms with Crippen molar-refractivity contribution in [2.24, 2.45) is 5.92 Å². The Morgan fingerprint density at radius 1 is 1.29 bits per heavy atom. The third kappa shape index (κ3) is 5.15. The van der Waals surface area contributed by atoms with Gasteiger partial charge in [-0.2, -0.15) is 5.10 Å². The van der Waals surface area contributed by atoms with Crippen LogP contribution in [0.1, 0.15) is 27.3 Å². The van der Waals surface area contributed by atoms with E-state index in [4.69, 9.17) is 9.47 Å². The number of nitrogens with zero attached hydrogens (tertiary/aromatic N) is 4. The molecule has 34 heavy (non-hydrogen) atoms. The van der Waals surface area contributed by atoms with E-state index in [1.54, 1.807) is 29.9 Å². The Balaban J connectivity index is 1.41. The van der Waals surface area contributed by atoms with Gasteiger partial charge in [-0.3, -0.25) is 19.7 Å². The number of amides is 2. The van der Waals surface area contributed by atoms with Crippen LogP contribution in [-0.2, 0) is 27.3 Å². The fourth-order valence-electron chi connectivity index (χ4n) is 3.84. The number of nitrogens with one attached hydrogen (secondary N) is 1. The SMILES string of the molecule is COCC(=O)Nc1nc2c(s1)C(=O)C[C@H](C(=O)N(C)Cc1cnn(-c3cccc(OC)c3)c1)C2. The number of methoxy groups -OCH3 is 2. The molecule has 2 heterocycles. The monoisotopic (exact) mass is 483 g/mol. The Kier molecular flexibility index (Phi) is 7.03. The van der Waals surface area contributed by atoms with Gasteiger partial charge in [0, 0.05) is 51.4 Å². The van der Waals surface area contributed by atoms with Gasteiger partial charge >= 0.3 is 0 Å². The Hall–Kier alpha value is -3.57. The Labute approximate surface area is 200 Å². The number of thiazole rings is 1. The van der Waals surface area contributed by atoms with E-state index in [2.05, 4.69) is 15.4 Å². The first kappa shape index (κ1) is 23.6. The summed E-state index contributed by atoms with van der Waals surface area (Å²) in [6.07, 6.45) is 4.04. The molecular weight excluding hydrogens is 458 g/mol. The van der Waals surface area contributed by atoms with Gasteiger partial charge in [0.25, 0.3) is 5.91 Å². The second-order valence-electron chi connectivity index (χ2n) is 7.99. The topological polar surface area (TPSA) is 116 Å². The lowest BCUT2D eigenvalue weighted by atomic mass is 9.89. The fourth-order valence-corrected chi connectivity index (χ4v) is 4.80. The molecule has 2 amide bonds. The number of carbonyl (C=O) groups is 3. The minimum Gasteiger partial charge on any atom is -0.497 e. The number of Topliss-reactive ketones (excluding diaryl/α,β-unsaturated/α-hetero) is 1. The molecule has 1 atom stereocenters. The molecule has 0 saturated heterocycles. The molecule has 1 aromatic carbocycles. The first-order valence-corrected chi connectivity index (χ1v) is 11.4. The number of aromatic nitrogens is 3. The van der Waals surface area contributed by atoms with Gasteiger partial charge in [-0.25, -0.2) is 9.67 Å². The highest BCUT2D eigenvalue weighted by molar-refractivity contribution is 7.17. The van der Waals surface area contributed by atoms with Gasteiger partial charge in [-0.1, -0.05) is 17.4 Å². The number of fused-ring (bicyclic) bond motifs is 1. The predicted octanol–water partition coefficient (Wildman–Crippen LogP) is 2.33. The minimum atomic E-state index is -0.497. The smallest absolute Gasteiger partial charge is 0.252 e. The number of carbonyl (C=O) groups excluding carboxylic acids is 3. The molecule has 0 fully saturated rings. The summed E-state index contributed by atoms with van der Waals surface area (Å²) in [5.41, 5.74) is 2.26. The zero-order valence-electron chi connectivity index (χ0n) is 19.1. The number of benzene rings is 1. The number of hydrogen-bond donors (Lipinski definition) is 1. The predicted molar refractivity (Wildman–Crippen MR) is 125 cm³/mol. The summed E-state index contributed by atoms with van der Waals surface area (Å²) in [5, 5.41) is 7.35. The van der Waals surface area contributed by atoms with Crippen LogP contribution >= 0.6 is 11.3 Å². The lowest BCUT2D eigenvalue weighted by Gasteiger charge is -2.25. The van der Waals surface area contributed by atoms with E-state index >= 15 is 0 Å². The van der Waals surface area contributed by atoms with Crippen LogP contribution in [0.4, 0.5) is 5.13 Å². The molecule has 178 valence electrons. The number of ether oxygens (including phenoxy) is 2. The van der Waals surface area contributed by atoms with Crippen molar-refractivity contribution in [2.45, 2.75) is 19.4 Å². The second kappa shape index (κ2) is 10.1. The van der Waals surface area contributed by atoms with E-state index in [9.17, 15) is 14.4 Å². The Morgan fingerprint density at radius 3 is 2.88 bits per heavy atom. The Morgan fingerprint density at radius 2 is 2.12 bits per heavy atom. The van der Waals surface area contributed by atoms with E-state index in [1.807, 2.05) is 30.5 Å². The van der Waals surface area contributed by atoms with Crippen molar-refractivity contribution >= 4 is 34.1 Å². The summed E-state index contributed by atoms with van der Waals surface area (Å²) < 4.78 is 11.8. The molecule has 1 aliphatic carbocycles. The average molecular weight is 484 g/mol. The summed E-state index contributed by atoms with van der Waals surface area (Å²) in [4.78, 5) is 44.0. The van der Waals surface area contributed by atoms with Crippen molar-refractivity contribution in [1.29, 1.82) is 0 Å². The summed E-state index contributed by atoms with van der Waals surface area (Å²) in [6.45, 7) is 0.258. The molecule has 0 unspecified atom stereocenters. The average Bonchev–Trinajstić information content (AvgIpc) is 3.45. The van der Waals surface area contributed by atoms with Gasteiger partial charge < -0.3 is 14.4 Å². The van der Waals surface area contributed by atoms with Gasteiger partial charge in [-0.15, -0.1) is 0 Å². The van der Waals surface area contributed by atoms with Gasteiger partial charge in [-0.05, 0) is 12.1 Å². The van der Waals surface area contributed by atoms with Crippen LogP contribution in [-0.4, -0.2) is 65.1 Å². The van der Waals surface area contributed by atoms with Crippen LogP contribution in [0.3, 0.4) is 0 Å². The van der Waals surface area contributed by atoms with Crippen LogP contribution in [0, 0.1) is 5.92 Å². The maximum atomic E-state index is 13.1. The third-order valence-electron chi connectivity index (χ3n) is 5.44. The number of rotatable bonds is 8. The molecule has 10 nitrogen and oxygen atoms in total.